The molecule has 0 aliphatic carbocycles. The molecule has 0 atom stereocenters. The lowest BCUT2D eigenvalue weighted by Gasteiger charge is -2.32. The third kappa shape index (κ3) is 4.89. The van der Waals surface area contributed by atoms with Gasteiger partial charge in [0, 0.05) is 50.7 Å². The standard InChI is InChI=1S/C17H23N5O/c23-17(2-1-15-11-19-20-12-15)21-16-5-9-22(10-6-16)13-14-3-7-18-8-4-14/h3-4,7-8,11-12,16H,1-2,5-6,9-10,13H2,(H,19,20)(H,21,23). The van der Waals surface area contributed by atoms with Gasteiger partial charge >= 0.3 is 0 Å². The third-order valence-corrected chi connectivity index (χ3v) is 4.30. The first-order valence-electron chi connectivity index (χ1n) is 8.18. The maximum Gasteiger partial charge on any atom is 0.220 e. The Hall–Kier alpha value is -2.21. The van der Waals surface area contributed by atoms with E-state index in [-0.39, 0.29) is 5.91 Å². The van der Waals surface area contributed by atoms with Gasteiger partial charge in [-0.25, -0.2) is 0 Å². The Morgan fingerprint density at radius 1 is 1.26 bits per heavy atom. The summed E-state index contributed by atoms with van der Waals surface area (Å²) >= 11 is 0. The van der Waals surface area contributed by atoms with Crippen LogP contribution < -0.4 is 5.32 Å². The number of H-pyrrole nitrogens is 1. The number of pyridine rings is 1. The van der Waals surface area contributed by atoms with Crippen molar-refractivity contribution >= 4 is 5.91 Å². The number of likely N-dealkylation sites (tertiary alicyclic amines) is 1. The van der Waals surface area contributed by atoms with E-state index in [1.165, 1.54) is 5.56 Å². The van der Waals surface area contributed by atoms with E-state index < -0.39 is 0 Å². The molecule has 1 aliphatic rings. The smallest absolute Gasteiger partial charge is 0.220 e. The van der Waals surface area contributed by atoms with Crippen LogP contribution in [0, 0.1) is 0 Å². The fraction of sp³-hybridized carbons (Fsp3) is 0.471. The quantitative estimate of drug-likeness (QED) is 0.848. The molecule has 1 fully saturated rings. The van der Waals surface area contributed by atoms with E-state index in [1.54, 1.807) is 6.20 Å². The highest BCUT2D eigenvalue weighted by Crippen LogP contribution is 2.14. The number of carbonyl (C=O) groups excluding carboxylic acids is 1. The van der Waals surface area contributed by atoms with Gasteiger partial charge in [0.05, 0.1) is 6.20 Å². The molecule has 0 spiro atoms. The molecule has 1 aliphatic heterocycles. The molecule has 0 saturated carbocycles. The lowest BCUT2D eigenvalue weighted by atomic mass is 10.0. The van der Waals surface area contributed by atoms with Crippen molar-refractivity contribution in [3.05, 3.63) is 48.0 Å². The average molecular weight is 313 g/mol. The predicted octanol–water partition coefficient (Wildman–Crippen LogP) is 1.52. The minimum absolute atomic E-state index is 0.138. The Bertz CT molecular complexity index is 591. The lowest BCUT2D eigenvalue weighted by molar-refractivity contribution is -0.122. The van der Waals surface area contributed by atoms with Gasteiger partial charge in [-0.1, -0.05) is 0 Å². The number of rotatable bonds is 6. The molecule has 0 aromatic carbocycles. The molecule has 1 saturated heterocycles. The average Bonchev–Trinajstić information content (AvgIpc) is 3.09. The second-order valence-electron chi connectivity index (χ2n) is 6.08. The summed E-state index contributed by atoms with van der Waals surface area (Å²) in [5.74, 6) is 0.138. The van der Waals surface area contributed by atoms with Crippen LogP contribution in [0.3, 0.4) is 0 Å². The Balaban J connectivity index is 1.36. The number of aromatic nitrogens is 3. The van der Waals surface area contributed by atoms with Gasteiger partial charge in [-0.05, 0) is 42.5 Å². The monoisotopic (exact) mass is 313 g/mol. The summed E-state index contributed by atoms with van der Waals surface area (Å²) in [6.45, 7) is 3.01. The van der Waals surface area contributed by atoms with Crippen molar-refractivity contribution < 1.29 is 4.79 Å². The number of piperidine rings is 1. The molecule has 6 nitrogen and oxygen atoms in total. The van der Waals surface area contributed by atoms with E-state index >= 15 is 0 Å². The fourth-order valence-corrected chi connectivity index (χ4v) is 2.95. The number of amides is 1. The molecule has 2 aromatic heterocycles. The SMILES string of the molecule is O=C(CCc1cn[nH]c1)NC1CCN(Cc2ccncc2)CC1. The number of aromatic amines is 1. The Morgan fingerprint density at radius 3 is 2.74 bits per heavy atom. The number of nitrogens with zero attached hydrogens (tertiary/aromatic N) is 3. The minimum Gasteiger partial charge on any atom is -0.353 e. The number of aryl methyl sites for hydroxylation is 1. The maximum absolute atomic E-state index is 12.0. The number of hydrogen-bond acceptors (Lipinski definition) is 4. The van der Waals surface area contributed by atoms with E-state index in [0.29, 0.717) is 12.5 Å². The van der Waals surface area contributed by atoms with Crippen molar-refractivity contribution in [3.8, 4) is 0 Å². The summed E-state index contributed by atoms with van der Waals surface area (Å²) in [6, 6.07) is 4.42. The zero-order chi connectivity index (χ0) is 15.9. The van der Waals surface area contributed by atoms with Gasteiger partial charge in [0.1, 0.15) is 0 Å². The molecule has 1 amide bonds. The van der Waals surface area contributed by atoms with Crippen LogP contribution in [0.4, 0.5) is 0 Å². The second kappa shape index (κ2) is 7.87. The third-order valence-electron chi connectivity index (χ3n) is 4.30. The molecule has 0 radical (unpaired) electrons. The van der Waals surface area contributed by atoms with E-state index in [2.05, 4.69) is 37.5 Å². The molecule has 6 heteroatoms. The molecule has 2 aromatic rings. The van der Waals surface area contributed by atoms with Crippen molar-refractivity contribution in [3.63, 3.8) is 0 Å². The zero-order valence-electron chi connectivity index (χ0n) is 13.2. The molecule has 2 N–H and O–H groups in total. The topological polar surface area (TPSA) is 73.9 Å². The first-order valence-corrected chi connectivity index (χ1v) is 8.18. The van der Waals surface area contributed by atoms with Crippen LogP contribution in [-0.2, 0) is 17.8 Å². The van der Waals surface area contributed by atoms with E-state index in [1.807, 2.05) is 18.6 Å². The highest BCUT2D eigenvalue weighted by atomic mass is 16.1. The fourth-order valence-electron chi connectivity index (χ4n) is 2.95. The van der Waals surface area contributed by atoms with Crippen LogP contribution in [0.15, 0.2) is 36.9 Å². The van der Waals surface area contributed by atoms with Crippen LogP contribution in [0.2, 0.25) is 0 Å². The van der Waals surface area contributed by atoms with E-state index in [4.69, 9.17) is 0 Å². The predicted molar refractivity (Wildman–Crippen MR) is 87.6 cm³/mol. The van der Waals surface area contributed by atoms with Crippen molar-refractivity contribution in [2.45, 2.75) is 38.3 Å². The van der Waals surface area contributed by atoms with Gasteiger partial charge in [0.25, 0.3) is 0 Å². The number of hydrogen-bond donors (Lipinski definition) is 2. The largest absolute Gasteiger partial charge is 0.353 e. The molecule has 122 valence electrons. The van der Waals surface area contributed by atoms with Crippen molar-refractivity contribution in [2.75, 3.05) is 13.1 Å². The normalized spacial score (nSPS) is 16.3. The molecule has 0 bridgehead atoms. The lowest BCUT2D eigenvalue weighted by Crippen LogP contribution is -2.44. The first-order chi connectivity index (χ1) is 11.3. The van der Waals surface area contributed by atoms with Crippen molar-refractivity contribution in [2.24, 2.45) is 0 Å². The first kappa shape index (κ1) is 15.7. The summed E-state index contributed by atoms with van der Waals surface area (Å²) in [7, 11) is 0. The highest BCUT2D eigenvalue weighted by Gasteiger charge is 2.20. The Labute approximate surface area is 136 Å². The number of carbonyl (C=O) groups is 1. The van der Waals surface area contributed by atoms with Gasteiger partial charge in [-0.15, -0.1) is 0 Å². The van der Waals surface area contributed by atoms with E-state index in [9.17, 15) is 4.79 Å². The molecule has 23 heavy (non-hydrogen) atoms. The number of nitrogens with one attached hydrogen (secondary N) is 2. The molecular formula is C17H23N5O. The minimum atomic E-state index is 0.138. The van der Waals surface area contributed by atoms with Crippen molar-refractivity contribution in [1.29, 1.82) is 0 Å². The van der Waals surface area contributed by atoms with Gasteiger partial charge in [-0.3, -0.25) is 19.8 Å². The molecule has 3 rings (SSSR count). The van der Waals surface area contributed by atoms with Gasteiger partial charge in [0.2, 0.25) is 5.91 Å². The van der Waals surface area contributed by atoms with Crippen LogP contribution in [0.1, 0.15) is 30.4 Å². The van der Waals surface area contributed by atoms with Gasteiger partial charge in [0.15, 0.2) is 0 Å². The van der Waals surface area contributed by atoms with Crippen LogP contribution >= 0.6 is 0 Å². The molecule has 0 unspecified atom stereocenters. The summed E-state index contributed by atoms with van der Waals surface area (Å²) in [5.41, 5.74) is 2.37. The van der Waals surface area contributed by atoms with Gasteiger partial charge in [-0.2, -0.15) is 5.10 Å². The van der Waals surface area contributed by atoms with Crippen molar-refractivity contribution in [1.82, 2.24) is 25.4 Å². The van der Waals surface area contributed by atoms with Crippen LogP contribution in [0.25, 0.3) is 0 Å². The molecular weight excluding hydrogens is 290 g/mol. The summed E-state index contributed by atoms with van der Waals surface area (Å²) in [6.07, 6.45) is 10.6. The summed E-state index contributed by atoms with van der Waals surface area (Å²) < 4.78 is 0. The highest BCUT2D eigenvalue weighted by molar-refractivity contribution is 5.76. The summed E-state index contributed by atoms with van der Waals surface area (Å²) in [5, 5.41) is 9.82. The van der Waals surface area contributed by atoms with E-state index in [0.717, 1.165) is 44.5 Å². The van der Waals surface area contributed by atoms with Crippen LogP contribution in [0.5, 0.6) is 0 Å². The maximum atomic E-state index is 12.0. The summed E-state index contributed by atoms with van der Waals surface area (Å²) in [4.78, 5) is 18.5. The second-order valence-corrected chi connectivity index (χ2v) is 6.08. The van der Waals surface area contributed by atoms with Gasteiger partial charge < -0.3 is 5.32 Å². The Kier molecular flexibility index (Phi) is 5.37. The zero-order valence-corrected chi connectivity index (χ0v) is 13.2. The van der Waals surface area contributed by atoms with Crippen LogP contribution in [-0.4, -0.2) is 45.1 Å². The molecule has 3 heterocycles. The Morgan fingerprint density at radius 2 is 2.04 bits per heavy atom.